The van der Waals surface area contributed by atoms with Crippen LogP contribution in [0.3, 0.4) is 0 Å². The largest absolute Gasteiger partial charge is 0.481 e. The lowest BCUT2D eigenvalue weighted by molar-refractivity contribution is -0.158. The molecule has 0 aliphatic heterocycles. The summed E-state index contributed by atoms with van der Waals surface area (Å²) in [5.74, 6) is -0.297. The molecule has 1 spiro atoms. The van der Waals surface area contributed by atoms with Gasteiger partial charge in [-0.25, -0.2) is 0 Å². The molecular weight excluding hydrogens is 320 g/mol. The smallest absolute Gasteiger partial charge is 0.303 e. The van der Waals surface area contributed by atoms with Crippen LogP contribution in [-0.4, -0.2) is 44.2 Å². The summed E-state index contributed by atoms with van der Waals surface area (Å²) >= 11 is 0. The first-order chi connectivity index (χ1) is 11.5. The van der Waals surface area contributed by atoms with E-state index in [0.29, 0.717) is 18.8 Å². The van der Waals surface area contributed by atoms with Crippen molar-refractivity contribution >= 4 is 5.97 Å². The van der Waals surface area contributed by atoms with E-state index in [-0.39, 0.29) is 35.7 Å². The van der Waals surface area contributed by atoms with E-state index < -0.39 is 17.2 Å². The van der Waals surface area contributed by atoms with Gasteiger partial charge in [-0.05, 0) is 87.4 Å². The molecule has 0 aromatic carbocycles. The molecule has 0 heterocycles. The van der Waals surface area contributed by atoms with Crippen LogP contribution in [0.25, 0.3) is 0 Å². The molecule has 0 radical (unpaired) electrons. The number of carbonyl (C=O) groups is 1. The lowest BCUT2D eigenvalue weighted by atomic mass is 9.45. The summed E-state index contributed by atoms with van der Waals surface area (Å²) in [6.07, 6.45) is 5.86. The first-order valence-electron chi connectivity index (χ1n) is 9.74. The molecule has 0 saturated heterocycles. The Bertz CT molecular complexity index is 541. The van der Waals surface area contributed by atoms with Gasteiger partial charge in [-0.2, -0.15) is 0 Å². The molecule has 0 unspecified atom stereocenters. The number of carboxylic acid groups (broad SMARTS) is 1. The fourth-order valence-electron chi connectivity index (χ4n) is 7.29. The van der Waals surface area contributed by atoms with Gasteiger partial charge in [0.15, 0.2) is 0 Å². The summed E-state index contributed by atoms with van der Waals surface area (Å²) in [5.41, 5.74) is -2.11. The summed E-state index contributed by atoms with van der Waals surface area (Å²) in [6.45, 7) is 5.67. The second-order valence-corrected chi connectivity index (χ2v) is 9.98. The minimum absolute atomic E-state index is 0.0185. The van der Waals surface area contributed by atoms with Crippen LogP contribution in [0, 0.1) is 28.6 Å². The van der Waals surface area contributed by atoms with Crippen LogP contribution >= 0.6 is 0 Å². The van der Waals surface area contributed by atoms with Crippen LogP contribution in [0.1, 0.15) is 72.1 Å². The van der Waals surface area contributed by atoms with Crippen molar-refractivity contribution in [2.45, 2.75) is 83.3 Å². The van der Waals surface area contributed by atoms with Gasteiger partial charge in [-0.1, -0.05) is 6.92 Å². The first kappa shape index (κ1) is 19.1. The lowest BCUT2D eigenvalue weighted by Crippen LogP contribution is -2.56. The van der Waals surface area contributed by atoms with Gasteiger partial charge < -0.3 is 20.4 Å². The molecule has 2 bridgehead atoms. The Morgan fingerprint density at radius 2 is 1.92 bits per heavy atom. The number of aliphatic carboxylic acids is 1. The molecule has 3 rings (SSSR count). The Morgan fingerprint density at radius 3 is 2.48 bits per heavy atom. The topological polar surface area (TPSA) is 98.0 Å². The number of fused-ring (bicyclic) bond motifs is 1. The molecule has 3 fully saturated rings. The Hall–Kier alpha value is -0.650. The summed E-state index contributed by atoms with van der Waals surface area (Å²) in [5, 5.41) is 40.8. The zero-order chi connectivity index (χ0) is 18.7. The Morgan fingerprint density at radius 1 is 1.24 bits per heavy atom. The van der Waals surface area contributed by atoms with Crippen molar-refractivity contribution in [1.82, 2.24) is 0 Å². The highest BCUT2D eigenvalue weighted by molar-refractivity contribution is 5.66. The predicted molar refractivity (Wildman–Crippen MR) is 93.9 cm³/mol. The van der Waals surface area contributed by atoms with Crippen molar-refractivity contribution < 1.29 is 25.2 Å². The Balaban J connectivity index is 1.98. The van der Waals surface area contributed by atoms with E-state index in [1.54, 1.807) is 0 Å². The van der Waals surface area contributed by atoms with Gasteiger partial charge >= 0.3 is 5.97 Å². The van der Waals surface area contributed by atoms with Gasteiger partial charge in [0, 0.05) is 6.42 Å². The van der Waals surface area contributed by atoms with Crippen LogP contribution in [-0.2, 0) is 4.79 Å². The molecule has 5 nitrogen and oxygen atoms in total. The minimum atomic E-state index is -0.982. The number of rotatable bonds is 5. The van der Waals surface area contributed by atoms with Gasteiger partial charge in [0.1, 0.15) is 0 Å². The van der Waals surface area contributed by atoms with Crippen molar-refractivity contribution in [1.29, 1.82) is 0 Å². The quantitative estimate of drug-likeness (QED) is 0.608. The van der Waals surface area contributed by atoms with Gasteiger partial charge in [-0.15, -0.1) is 0 Å². The molecule has 0 aromatic heterocycles. The molecule has 0 amide bonds. The normalized spacial score (nSPS) is 46.7. The number of aliphatic hydroxyl groups excluding tert-OH is 1. The fourth-order valence-corrected chi connectivity index (χ4v) is 7.29. The fraction of sp³-hybridized carbons (Fsp3) is 0.950. The number of aliphatic hydroxyl groups is 3. The van der Waals surface area contributed by atoms with Gasteiger partial charge in [0.2, 0.25) is 0 Å². The molecule has 144 valence electrons. The maximum Gasteiger partial charge on any atom is 0.303 e. The minimum Gasteiger partial charge on any atom is -0.481 e. The molecule has 3 saturated carbocycles. The van der Waals surface area contributed by atoms with E-state index in [9.17, 15) is 25.2 Å². The highest BCUT2D eigenvalue weighted by atomic mass is 16.4. The molecule has 6 atom stereocenters. The average Bonchev–Trinajstić information content (AvgIpc) is 2.71. The SMILES string of the molecule is CC(C)(O)[C@H]1CC[C@@]23C[C@@H](CC[C@@H]2[C@@]1(C)CCC(=O)O)[C@@](O)(CO)C3. The maximum atomic E-state index is 11.3. The third-order valence-electron chi connectivity index (χ3n) is 8.14. The molecule has 25 heavy (non-hydrogen) atoms. The highest BCUT2D eigenvalue weighted by Crippen LogP contribution is 2.70. The average molecular weight is 354 g/mol. The summed E-state index contributed by atoms with van der Waals surface area (Å²) in [6, 6.07) is 0. The molecule has 3 aliphatic carbocycles. The van der Waals surface area contributed by atoms with E-state index in [0.717, 1.165) is 32.1 Å². The standard InChI is InChI=1S/C20H34O5/c1-17(2,24)14-6-9-19-10-13(20(25,11-19)12-21)4-5-15(19)18(14,3)8-7-16(22)23/h13-15,21,24-25H,4-12H2,1-3H3,(H,22,23)/t13-,14-,15-,18+,19+,20+/m1/s1. The Kier molecular flexibility index (Phi) is 4.54. The van der Waals surface area contributed by atoms with E-state index >= 15 is 0 Å². The van der Waals surface area contributed by atoms with Crippen molar-refractivity contribution in [3.05, 3.63) is 0 Å². The number of hydrogen-bond acceptors (Lipinski definition) is 4. The summed E-state index contributed by atoms with van der Waals surface area (Å²) in [4.78, 5) is 11.3. The van der Waals surface area contributed by atoms with Gasteiger partial charge in [0.05, 0.1) is 17.8 Å². The van der Waals surface area contributed by atoms with Crippen molar-refractivity contribution in [2.75, 3.05) is 6.61 Å². The molecular formula is C20H34O5. The number of carboxylic acids is 1. The van der Waals surface area contributed by atoms with Crippen molar-refractivity contribution in [3.8, 4) is 0 Å². The predicted octanol–water partition coefficient (Wildman–Crippen LogP) is 2.57. The number of hydrogen-bond donors (Lipinski definition) is 4. The van der Waals surface area contributed by atoms with Crippen LogP contribution in [0.5, 0.6) is 0 Å². The van der Waals surface area contributed by atoms with Crippen LogP contribution < -0.4 is 0 Å². The zero-order valence-corrected chi connectivity index (χ0v) is 15.8. The summed E-state index contributed by atoms with van der Waals surface area (Å²) < 4.78 is 0. The second kappa shape index (κ2) is 5.93. The zero-order valence-electron chi connectivity index (χ0n) is 15.8. The molecule has 0 aromatic rings. The lowest BCUT2D eigenvalue weighted by Gasteiger charge is -2.60. The molecule has 3 aliphatic rings. The highest BCUT2D eigenvalue weighted by Gasteiger charge is 2.66. The van der Waals surface area contributed by atoms with Crippen LogP contribution in [0.2, 0.25) is 0 Å². The van der Waals surface area contributed by atoms with Gasteiger partial charge in [0.25, 0.3) is 0 Å². The Labute approximate surface area is 150 Å². The summed E-state index contributed by atoms with van der Waals surface area (Å²) in [7, 11) is 0. The third kappa shape index (κ3) is 2.92. The third-order valence-corrected chi connectivity index (χ3v) is 8.14. The van der Waals surface area contributed by atoms with E-state index in [1.165, 1.54) is 0 Å². The van der Waals surface area contributed by atoms with Crippen molar-refractivity contribution in [3.63, 3.8) is 0 Å². The first-order valence-corrected chi connectivity index (χ1v) is 9.74. The molecule has 4 N–H and O–H groups in total. The van der Waals surface area contributed by atoms with Crippen molar-refractivity contribution in [2.24, 2.45) is 28.6 Å². The molecule has 5 heteroatoms. The van der Waals surface area contributed by atoms with Gasteiger partial charge in [-0.3, -0.25) is 4.79 Å². The maximum absolute atomic E-state index is 11.3. The van der Waals surface area contributed by atoms with Crippen LogP contribution in [0.15, 0.2) is 0 Å². The van der Waals surface area contributed by atoms with E-state index in [1.807, 2.05) is 13.8 Å². The van der Waals surface area contributed by atoms with Crippen LogP contribution in [0.4, 0.5) is 0 Å². The van der Waals surface area contributed by atoms with E-state index in [4.69, 9.17) is 0 Å². The monoisotopic (exact) mass is 354 g/mol. The second-order valence-electron chi connectivity index (χ2n) is 9.98. The van der Waals surface area contributed by atoms with E-state index in [2.05, 4.69) is 6.92 Å².